The lowest BCUT2D eigenvalue weighted by Gasteiger charge is -2.34. The molecule has 2 aromatic carbocycles. The molecule has 0 aliphatic carbocycles. The topological polar surface area (TPSA) is 155 Å². The molecule has 3 aromatic rings. The second kappa shape index (κ2) is 17.0. The molecule has 1 aromatic heterocycles. The minimum absolute atomic E-state index is 0.00330. The molecule has 0 unspecified atom stereocenters. The van der Waals surface area contributed by atoms with E-state index >= 15 is 0 Å². The monoisotopic (exact) mass is 672 g/mol. The van der Waals surface area contributed by atoms with Gasteiger partial charge in [-0.3, -0.25) is 19.2 Å². The predicted octanol–water partition coefficient (Wildman–Crippen LogP) is 3.43. The number of para-hydroxylation sites is 2. The van der Waals surface area contributed by atoms with E-state index in [0.717, 1.165) is 31.4 Å². The van der Waals surface area contributed by atoms with E-state index in [1.54, 1.807) is 42.5 Å². The van der Waals surface area contributed by atoms with Crippen LogP contribution in [0.15, 0.2) is 61.1 Å². The van der Waals surface area contributed by atoms with Crippen molar-refractivity contribution in [1.82, 2.24) is 30.8 Å². The van der Waals surface area contributed by atoms with Gasteiger partial charge in [-0.1, -0.05) is 44.2 Å². The number of carbonyl (C=O) groups excluding carboxylic acids is 4. The Bertz CT molecular complexity index is 1570. The van der Waals surface area contributed by atoms with Crippen molar-refractivity contribution in [3.8, 4) is 11.5 Å². The molecule has 0 spiro atoms. The standard InChI is InChI=1S/C37H48N6O6/c1-24(2)31-22-49-33-11-7-5-9-28(33)35(45)41-29(14-15-34(44)40-30(36(46)42-31)20-27-21-38-23-39-27)37(47)43-18-16-25(17-19-43)12-13-26-8-4-6-10-32(26)48-3/h4-11,21,23-25,29-31H,12-20,22H2,1-3H3,(H,38,39)(H,40,44)(H,41,45)(H,42,46)/t29-,30-,31-/m0/s1. The van der Waals surface area contributed by atoms with Crippen LogP contribution in [0.25, 0.3) is 0 Å². The average Bonchev–Trinajstić information content (AvgIpc) is 3.63. The number of rotatable bonds is 8. The van der Waals surface area contributed by atoms with Crippen LogP contribution in [0, 0.1) is 11.8 Å². The Balaban J connectivity index is 1.31. The number of nitrogens with zero attached hydrogens (tertiary/aromatic N) is 2. The molecule has 1 saturated heterocycles. The summed E-state index contributed by atoms with van der Waals surface area (Å²) in [5.74, 6) is 0.254. The molecule has 5 rings (SSSR count). The number of hydrogen-bond acceptors (Lipinski definition) is 7. The van der Waals surface area contributed by atoms with Crippen LogP contribution in [0.2, 0.25) is 0 Å². The number of methoxy groups -OCH3 is 1. The summed E-state index contributed by atoms with van der Waals surface area (Å²) in [7, 11) is 1.68. The molecular weight excluding hydrogens is 624 g/mol. The number of carbonyl (C=O) groups is 4. The highest BCUT2D eigenvalue weighted by molar-refractivity contribution is 6.00. The van der Waals surface area contributed by atoms with Crippen LogP contribution < -0.4 is 25.4 Å². The smallest absolute Gasteiger partial charge is 0.255 e. The zero-order valence-electron chi connectivity index (χ0n) is 28.6. The highest BCUT2D eigenvalue weighted by Gasteiger charge is 2.32. The molecule has 49 heavy (non-hydrogen) atoms. The van der Waals surface area contributed by atoms with E-state index in [1.165, 1.54) is 11.9 Å². The molecule has 0 saturated carbocycles. The highest BCUT2D eigenvalue weighted by Crippen LogP contribution is 2.27. The van der Waals surface area contributed by atoms with Gasteiger partial charge in [0, 0.05) is 37.8 Å². The van der Waals surface area contributed by atoms with E-state index in [1.807, 2.05) is 32.0 Å². The van der Waals surface area contributed by atoms with E-state index in [-0.39, 0.29) is 49.2 Å². The molecule has 0 radical (unpaired) electrons. The lowest BCUT2D eigenvalue weighted by atomic mass is 9.90. The van der Waals surface area contributed by atoms with Crippen LogP contribution in [-0.2, 0) is 27.2 Å². The summed E-state index contributed by atoms with van der Waals surface area (Å²) in [6.45, 7) is 5.16. The van der Waals surface area contributed by atoms with Crippen LogP contribution in [-0.4, -0.2) is 83.4 Å². The average molecular weight is 673 g/mol. The summed E-state index contributed by atoms with van der Waals surface area (Å²) < 4.78 is 11.6. The molecule has 2 aliphatic heterocycles. The van der Waals surface area contributed by atoms with Gasteiger partial charge in [0.05, 0.1) is 25.0 Å². The Morgan fingerprint density at radius 2 is 1.76 bits per heavy atom. The van der Waals surface area contributed by atoms with Crippen molar-refractivity contribution in [2.75, 3.05) is 26.8 Å². The summed E-state index contributed by atoms with van der Waals surface area (Å²) in [5, 5.41) is 8.81. The lowest BCUT2D eigenvalue weighted by Crippen LogP contribution is -2.53. The van der Waals surface area contributed by atoms with Gasteiger partial charge in [0.1, 0.15) is 30.2 Å². The third kappa shape index (κ3) is 9.61. The molecular formula is C37H48N6O6. The van der Waals surface area contributed by atoms with Gasteiger partial charge < -0.3 is 35.3 Å². The SMILES string of the molecule is COc1ccccc1CCC1CCN(C(=O)[C@@H]2CCC(=O)N[C@@H](Cc3cnc[nH]3)C(=O)N[C@H](C(C)C)COc3ccccc3C(=O)N2)CC1. The number of imidazole rings is 1. The zero-order chi connectivity index (χ0) is 34.8. The largest absolute Gasteiger partial charge is 0.496 e. The van der Waals surface area contributed by atoms with Gasteiger partial charge >= 0.3 is 0 Å². The normalized spacial score (nSPS) is 21.3. The van der Waals surface area contributed by atoms with E-state index in [0.29, 0.717) is 30.5 Å². The Labute approximate surface area is 287 Å². The second-order valence-corrected chi connectivity index (χ2v) is 13.3. The summed E-state index contributed by atoms with van der Waals surface area (Å²) in [5.41, 5.74) is 2.14. The summed E-state index contributed by atoms with van der Waals surface area (Å²) >= 11 is 0. The summed E-state index contributed by atoms with van der Waals surface area (Å²) in [6, 6.07) is 12.7. The maximum atomic E-state index is 14.0. The maximum absolute atomic E-state index is 14.0. The molecule has 262 valence electrons. The van der Waals surface area contributed by atoms with Gasteiger partial charge in [0.25, 0.3) is 5.91 Å². The van der Waals surface area contributed by atoms with Gasteiger partial charge in [-0.25, -0.2) is 4.98 Å². The zero-order valence-corrected chi connectivity index (χ0v) is 28.6. The number of aromatic nitrogens is 2. The predicted molar refractivity (Wildman–Crippen MR) is 184 cm³/mol. The lowest BCUT2D eigenvalue weighted by molar-refractivity contribution is -0.135. The van der Waals surface area contributed by atoms with Crippen molar-refractivity contribution >= 4 is 23.6 Å². The summed E-state index contributed by atoms with van der Waals surface area (Å²) in [6.07, 6.45) is 6.93. The highest BCUT2D eigenvalue weighted by atomic mass is 16.5. The Hall–Kier alpha value is -4.87. The Morgan fingerprint density at radius 3 is 2.49 bits per heavy atom. The number of H-pyrrole nitrogens is 1. The minimum Gasteiger partial charge on any atom is -0.496 e. The number of aromatic amines is 1. The van der Waals surface area contributed by atoms with E-state index in [9.17, 15) is 19.2 Å². The summed E-state index contributed by atoms with van der Waals surface area (Å²) in [4.78, 5) is 63.4. The van der Waals surface area contributed by atoms with Gasteiger partial charge in [-0.2, -0.15) is 0 Å². The number of hydrogen-bond donors (Lipinski definition) is 4. The Kier molecular flexibility index (Phi) is 12.3. The molecule has 2 aliphatic rings. The molecule has 3 atom stereocenters. The number of piperidine rings is 1. The third-order valence-corrected chi connectivity index (χ3v) is 9.52. The van der Waals surface area contributed by atoms with Gasteiger partial charge in [0.2, 0.25) is 17.7 Å². The number of amides is 4. The first-order valence-corrected chi connectivity index (χ1v) is 17.2. The van der Waals surface area contributed by atoms with Crippen molar-refractivity contribution in [3.63, 3.8) is 0 Å². The molecule has 12 nitrogen and oxygen atoms in total. The first kappa shape index (κ1) is 35.4. The fraction of sp³-hybridized carbons (Fsp3) is 0.486. The number of ether oxygens (including phenoxy) is 2. The van der Waals surface area contributed by atoms with Gasteiger partial charge in [-0.05, 0) is 67.7 Å². The van der Waals surface area contributed by atoms with Gasteiger partial charge in [0.15, 0.2) is 0 Å². The molecule has 0 bridgehead atoms. The van der Waals surface area contributed by atoms with Crippen LogP contribution >= 0.6 is 0 Å². The van der Waals surface area contributed by atoms with E-state index in [4.69, 9.17) is 9.47 Å². The van der Waals surface area contributed by atoms with Gasteiger partial charge in [-0.15, -0.1) is 0 Å². The van der Waals surface area contributed by atoms with E-state index in [2.05, 4.69) is 32.0 Å². The van der Waals surface area contributed by atoms with Crippen LogP contribution in [0.1, 0.15) is 67.6 Å². The fourth-order valence-corrected chi connectivity index (χ4v) is 6.44. The quantitative estimate of drug-likeness (QED) is 0.286. The van der Waals surface area contributed by atoms with Crippen molar-refractivity contribution in [1.29, 1.82) is 0 Å². The maximum Gasteiger partial charge on any atom is 0.255 e. The second-order valence-electron chi connectivity index (χ2n) is 13.3. The molecule has 1 fully saturated rings. The number of aryl methyl sites for hydroxylation is 1. The van der Waals surface area contributed by atoms with E-state index < -0.39 is 29.9 Å². The van der Waals surface area contributed by atoms with Crippen molar-refractivity contribution in [2.45, 2.75) is 76.9 Å². The third-order valence-electron chi connectivity index (χ3n) is 9.52. The molecule has 12 heteroatoms. The molecule has 4 amide bonds. The molecule has 4 N–H and O–H groups in total. The van der Waals surface area contributed by atoms with Crippen LogP contribution in [0.3, 0.4) is 0 Å². The minimum atomic E-state index is -0.940. The fourth-order valence-electron chi connectivity index (χ4n) is 6.44. The number of likely N-dealkylation sites (tertiary alicyclic amines) is 1. The Morgan fingerprint density at radius 1 is 1.00 bits per heavy atom. The van der Waals surface area contributed by atoms with Crippen LogP contribution in [0.4, 0.5) is 0 Å². The van der Waals surface area contributed by atoms with Crippen molar-refractivity contribution in [2.24, 2.45) is 11.8 Å². The van der Waals surface area contributed by atoms with Crippen molar-refractivity contribution < 1.29 is 28.7 Å². The van der Waals surface area contributed by atoms with Crippen molar-refractivity contribution in [3.05, 3.63) is 77.9 Å². The molecule has 3 heterocycles. The number of nitrogens with one attached hydrogen (secondary N) is 4. The first-order chi connectivity index (χ1) is 23.7. The first-order valence-electron chi connectivity index (χ1n) is 17.2. The number of fused-ring (bicyclic) bond motifs is 1. The number of benzene rings is 2. The van der Waals surface area contributed by atoms with Crippen LogP contribution in [0.5, 0.6) is 11.5 Å².